The van der Waals surface area contributed by atoms with E-state index in [1.54, 1.807) is 13.8 Å². The van der Waals surface area contributed by atoms with Gasteiger partial charge in [0.05, 0.1) is 130 Å². The zero-order chi connectivity index (χ0) is 48.4. The highest BCUT2D eigenvalue weighted by Gasteiger charge is 2.22. The minimum atomic E-state index is -2.98. The van der Waals surface area contributed by atoms with Crippen molar-refractivity contribution in [3.05, 3.63) is 0 Å². The molecule has 16 nitrogen and oxygen atoms in total. The fourth-order valence-corrected chi connectivity index (χ4v) is 4.93. The van der Waals surface area contributed by atoms with Crippen molar-refractivity contribution in [1.29, 1.82) is 0 Å². The Balaban J connectivity index is -0.000000157. The molecule has 1 aliphatic heterocycles. The van der Waals surface area contributed by atoms with Gasteiger partial charge in [0.2, 0.25) is 0 Å². The molecular formula is C44H79BrIO16P. The summed E-state index contributed by atoms with van der Waals surface area (Å²) in [5.41, 5.74) is 0. The van der Waals surface area contributed by atoms with Crippen molar-refractivity contribution in [3.63, 3.8) is 0 Å². The fourth-order valence-electron chi connectivity index (χ4n) is 3.15. The monoisotopic (exact) mass is 1100 g/mol. The van der Waals surface area contributed by atoms with Crippen LogP contribution >= 0.6 is 46.1 Å². The van der Waals surface area contributed by atoms with Crippen LogP contribution in [0, 0.1) is 61.7 Å². The van der Waals surface area contributed by atoms with Crippen molar-refractivity contribution < 1.29 is 76.3 Å². The minimum Gasteiger partial charge on any atom is -0.394 e. The normalized spacial score (nSPS) is 10.7. The molecule has 0 radical (unpaired) electrons. The molecule has 0 aromatic carbocycles. The molecule has 1 aliphatic rings. The van der Waals surface area contributed by atoms with Crippen molar-refractivity contribution in [2.75, 3.05) is 181 Å². The molecule has 0 aromatic heterocycles. The number of ether oxygens (including phenoxy) is 10. The summed E-state index contributed by atoms with van der Waals surface area (Å²) in [4.78, 5) is 0. The summed E-state index contributed by atoms with van der Waals surface area (Å²) in [5.74, 6) is 11.8. The molecule has 370 valence electrons. The highest BCUT2D eigenvalue weighted by atomic mass is 127. The third-order valence-corrected chi connectivity index (χ3v) is 8.37. The van der Waals surface area contributed by atoms with Crippen molar-refractivity contribution in [2.24, 2.45) is 0 Å². The molecule has 0 aromatic rings. The van der Waals surface area contributed by atoms with Crippen LogP contribution in [0.15, 0.2) is 0 Å². The molecule has 3 N–H and O–H groups in total. The number of halogens is 2. The van der Waals surface area contributed by atoms with Gasteiger partial charge in [0, 0.05) is 24.2 Å². The molecule has 0 spiro atoms. The summed E-state index contributed by atoms with van der Waals surface area (Å²) in [5, 5.41) is 25.1. The van der Waals surface area contributed by atoms with Gasteiger partial charge in [-0.05, 0) is 33.1 Å². The number of aliphatic hydroxyl groups is 3. The maximum absolute atomic E-state index is 12.0. The van der Waals surface area contributed by atoms with E-state index in [2.05, 4.69) is 79.8 Å². The zero-order valence-electron chi connectivity index (χ0n) is 38.2. The standard InChI is InChI=1S/C11H21O5P.C8H14O2.C7H11IO2.C7H12O3.C4H10O3.C4H8O.C3H3Br/c1-4-7-13-8-9-14-10-11-17(12,15-5-2)16-6-3;1-3-5-9-7-8-10-6-4-2;2*1-2-4-9-6-7-10-5-3-8;5-1-3-7-4-2-6;1-2-4-5-3-1;1-2-3-4/h1H,5-11H2,2-3H3;1H,4-8H2,2H3;1H,3-7H2;1,8H,3-7H2;5-6H,1-4H2;1-4H2;1H,3H2. The van der Waals surface area contributed by atoms with E-state index in [0.717, 1.165) is 37.3 Å². The van der Waals surface area contributed by atoms with Crippen molar-refractivity contribution in [2.45, 2.75) is 40.0 Å². The Hall–Kier alpha value is -1.36. The van der Waals surface area contributed by atoms with E-state index in [-0.39, 0.29) is 32.6 Å². The summed E-state index contributed by atoms with van der Waals surface area (Å²) in [6.07, 6.45) is 28.4. The first-order valence-electron chi connectivity index (χ1n) is 20.5. The molecule has 0 saturated carbocycles. The molecule has 0 bridgehead atoms. The molecule has 0 atom stereocenters. The van der Waals surface area contributed by atoms with Gasteiger partial charge in [0.25, 0.3) is 0 Å². The second-order valence-electron chi connectivity index (χ2n) is 10.8. The Morgan fingerprint density at radius 3 is 1.11 bits per heavy atom. The molecule has 63 heavy (non-hydrogen) atoms. The van der Waals surface area contributed by atoms with E-state index in [0.29, 0.717) is 118 Å². The Bertz CT molecular complexity index is 990. The molecule has 0 amide bonds. The van der Waals surface area contributed by atoms with Gasteiger partial charge >= 0.3 is 7.60 Å². The van der Waals surface area contributed by atoms with Gasteiger partial charge in [-0.3, -0.25) is 4.57 Å². The van der Waals surface area contributed by atoms with Crippen LogP contribution in [0.2, 0.25) is 0 Å². The van der Waals surface area contributed by atoms with Gasteiger partial charge in [0.1, 0.15) is 26.4 Å². The number of hydrogen-bond acceptors (Lipinski definition) is 16. The van der Waals surface area contributed by atoms with Gasteiger partial charge in [0.15, 0.2) is 0 Å². The number of hydrogen-bond donors (Lipinski definition) is 3. The summed E-state index contributed by atoms with van der Waals surface area (Å²) in [6, 6.07) is 0. The van der Waals surface area contributed by atoms with E-state index in [9.17, 15) is 4.57 Å². The summed E-state index contributed by atoms with van der Waals surface area (Å²) in [7, 11) is -2.98. The third-order valence-electron chi connectivity index (χ3n) is 5.57. The van der Waals surface area contributed by atoms with E-state index < -0.39 is 7.60 Å². The Morgan fingerprint density at radius 2 is 0.841 bits per heavy atom. The zero-order valence-corrected chi connectivity index (χ0v) is 42.8. The van der Waals surface area contributed by atoms with Crippen LogP contribution < -0.4 is 0 Å². The Morgan fingerprint density at radius 1 is 0.524 bits per heavy atom. The van der Waals surface area contributed by atoms with Crippen LogP contribution in [0.1, 0.15) is 40.0 Å². The maximum Gasteiger partial charge on any atom is 0.332 e. The van der Waals surface area contributed by atoms with Crippen molar-refractivity contribution >= 4 is 46.1 Å². The molecule has 19 heteroatoms. The highest BCUT2D eigenvalue weighted by molar-refractivity contribution is 14.1. The smallest absolute Gasteiger partial charge is 0.332 e. The number of rotatable bonds is 33. The van der Waals surface area contributed by atoms with Crippen LogP contribution in [0.4, 0.5) is 0 Å². The molecular weight excluding hydrogens is 1020 g/mol. The molecule has 1 fully saturated rings. The lowest BCUT2D eigenvalue weighted by atomic mass is 10.4. The second-order valence-corrected chi connectivity index (χ2v) is 14.6. The van der Waals surface area contributed by atoms with Crippen LogP contribution in [-0.2, 0) is 61.0 Å². The Labute approximate surface area is 403 Å². The topological polar surface area (TPSA) is 189 Å². The lowest BCUT2D eigenvalue weighted by molar-refractivity contribution is 0.0424. The van der Waals surface area contributed by atoms with Crippen LogP contribution in [0.25, 0.3) is 0 Å². The molecule has 1 saturated heterocycles. The predicted molar refractivity (Wildman–Crippen MR) is 262 cm³/mol. The van der Waals surface area contributed by atoms with Crippen LogP contribution in [0.3, 0.4) is 0 Å². The molecule has 0 unspecified atom stereocenters. The summed E-state index contributed by atoms with van der Waals surface area (Å²) < 4.78 is 73.0. The largest absolute Gasteiger partial charge is 0.394 e. The number of alkyl halides is 2. The van der Waals surface area contributed by atoms with E-state index >= 15 is 0 Å². The quantitative estimate of drug-likeness (QED) is 0.0274. The summed E-state index contributed by atoms with van der Waals surface area (Å²) >= 11 is 5.27. The highest BCUT2D eigenvalue weighted by Crippen LogP contribution is 2.47. The predicted octanol–water partition coefficient (Wildman–Crippen LogP) is 4.51. The first kappa shape index (κ1) is 73.2. The molecule has 1 heterocycles. The molecule has 0 aliphatic carbocycles. The number of aliphatic hydroxyl groups excluding tert-OH is 3. The number of terminal acetylenes is 5. The van der Waals surface area contributed by atoms with Crippen LogP contribution in [-0.4, -0.2) is 196 Å². The minimum absolute atomic E-state index is 0.0278. The van der Waals surface area contributed by atoms with E-state index in [4.69, 9.17) is 99.1 Å². The SMILES string of the molecule is C#CCBr.C#CCOCCOCCC.C#CCOCCOCCI.C#CCOCCOCCO.C#CCOCCOCCP(=O)(OCC)OCC.C1CCOC1.OCCOCCO. The fraction of sp³-hybridized carbons (Fsp3) is 0.773. The van der Waals surface area contributed by atoms with Gasteiger partial charge in [-0.1, -0.05) is 75.0 Å². The lowest BCUT2D eigenvalue weighted by Gasteiger charge is -2.16. The lowest BCUT2D eigenvalue weighted by Crippen LogP contribution is -2.10. The van der Waals surface area contributed by atoms with Gasteiger partial charge in [-0.25, -0.2) is 0 Å². The average Bonchev–Trinajstić information content (AvgIpc) is 3.89. The van der Waals surface area contributed by atoms with Crippen LogP contribution in [0.5, 0.6) is 0 Å². The summed E-state index contributed by atoms with van der Waals surface area (Å²) in [6.45, 7) is 17.1. The van der Waals surface area contributed by atoms with E-state index in [1.165, 1.54) is 12.8 Å². The Kier molecular flexibility index (Phi) is 90.5. The first-order chi connectivity index (χ1) is 30.8. The molecule has 1 rings (SSSR count). The second kappa shape index (κ2) is 77.8. The van der Waals surface area contributed by atoms with Gasteiger partial charge in [-0.15, -0.1) is 32.1 Å². The van der Waals surface area contributed by atoms with E-state index in [1.807, 2.05) is 0 Å². The maximum atomic E-state index is 12.0. The van der Waals surface area contributed by atoms with Crippen molar-refractivity contribution in [1.82, 2.24) is 0 Å². The van der Waals surface area contributed by atoms with Gasteiger partial charge < -0.3 is 71.7 Å². The first-order valence-corrected chi connectivity index (χ1v) is 24.9. The van der Waals surface area contributed by atoms with Gasteiger partial charge in [-0.2, -0.15) is 0 Å². The average molecular weight is 1100 g/mol. The van der Waals surface area contributed by atoms with Crippen molar-refractivity contribution in [3.8, 4) is 61.7 Å². The third kappa shape index (κ3) is 91.9.